The van der Waals surface area contributed by atoms with Gasteiger partial charge in [-0.1, -0.05) is 0 Å². The molecule has 0 aliphatic heterocycles. The van der Waals surface area contributed by atoms with Crippen LogP contribution < -0.4 is 0 Å². The largest absolute Gasteiger partial charge is 0.330 e. The van der Waals surface area contributed by atoms with Crippen molar-refractivity contribution in [2.45, 2.75) is 0 Å². The summed E-state index contributed by atoms with van der Waals surface area (Å²) in [5.41, 5.74) is 1.48. The van der Waals surface area contributed by atoms with Gasteiger partial charge < -0.3 is 4.98 Å². The summed E-state index contributed by atoms with van der Waals surface area (Å²) in [5.74, 6) is -0.454. The lowest BCUT2D eigenvalue weighted by Gasteiger charge is -2.02. The molecule has 1 N–H and O–H groups in total. The molecule has 0 aliphatic carbocycles. The number of halogens is 1. The third kappa shape index (κ3) is 2.12. The zero-order chi connectivity index (χ0) is 11.5. The number of hydrogen-bond donors (Lipinski definition) is 1. The predicted molar refractivity (Wildman–Crippen MR) is 59.5 cm³/mol. The molecule has 0 fully saturated rings. The molecule has 2 rings (SSSR count). The standard InChI is InChI=1S/C11H6FN3S/c12-9-4-7(6-13)3-8(5-9)10-1-2-14-11(16)15-10/h1-5H,(H,14,15,16). The minimum atomic E-state index is -0.454. The molecule has 5 heteroatoms. The van der Waals surface area contributed by atoms with Crippen LogP contribution in [0.5, 0.6) is 0 Å². The van der Waals surface area contributed by atoms with E-state index in [0.29, 0.717) is 16.0 Å². The van der Waals surface area contributed by atoms with Crippen molar-refractivity contribution < 1.29 is 4.39 Å². The van der Waals surface area contributed by atoms with Gasteiger partial charge in [-0.05, 0) is 36.5 Å². The highest BCUT2D eigenvalue weighted by Gasteiger charge is 2.03. The second kappa shape index (κ2) is 4.21. The zero-order valence-electron chi connectivity index (χ0n) is 8.07. The van der Waals surface area contributed by atoms with Crippen LogP contribution in [-0.2, 0) is 0 Å². The number of H-pyrrole nitrogens is 1. The van der Waals surface area contributed by atoms with Crippen molar-refractivity contribution in [3.05, 3.63) is 46.6 Å². The van der Waals surface area contributed by atoms with Gasteiger partial charge in [0, 0.05) is 17.5 Å². The fourth-order valence-electron chi connectivity index (χ4n) is 1.35. The summed E-state index contributed by atoms with van der Waals surface area (Å²) in [6, 6.07) is 7.67. The third-order valence-corrected chi connectivity index (χ3v) is 2.22. The Labute approximate surface area is 96.2 Å². The van der Waals surface area contributed by atoms with Crippen molar-refractivity contribution in [3.8, 4) is 17.3 Å². The lowest BCUT2D eigenvalue weighted by molar-refractivity contribution is 0.628. The average Bonchev–Trinajstić information content (AvgIpc) is 2.28. The van der Waals surface area contributed by atoms with E-state index in [4.69, 9.17) is 17.5 Å². The first kappa shape index (κ1) is 10.5. The lowest BCUT2D eigenvalue weighted by Crippen LogP contribution is -1.88. The first-order chi connectivity index (χ1) is 7.69. The molecule has 16 heavy (non-hydrogen) atoms. The van der Waals surface area contributed by atoms with Crippen LogP contribution in [0.1, 0.15) is 5.56 Å². The normalized spacial score (nSPS) is 9.75. The Balaban J connectivity index is 2.61. The lowest BCUT2D eigenvalue weighted by atomic mass is 10.1. The minimum absolute atomic E-state index is 0.270. The quantitative estimate of drug-likeness (QED) is 0.768. The fourth-order valence-corrected chi connectivity index (χ4v) is 1.52. The molecule has 1 heterocycles. The van der Waals surface area contributed by atoms with Gasteiger partial charge in [0.05, 0.1) is 11.6 Å². The summed E-state index contributed by atoms with van der Waals surface area (Å²) in [4.78, 5) is 6.66. The molecule has 0 spiro atoms. The second-order valence-corrected chi connectivity index (χ2v) is 3.52. The summed E-state index contributed by atoms with van der Waals surface area (Å²) < 4.78 is 13.5. The molecule has 0 amide bonds. The molecule has 2 aromatic rings. The van der Waals surface area contributed by atoms with E-state index in [1.807, 2.05) is 6.07 Å². The number of hydrogen-bond acceptors (Lipinski definition) is 3. The van der Waals surface area contributed by atoms with Gasteiger partial charge >= 0.3 is 0 Å². The fraction of sp³-hybridized carbons (Fsp3) is 0. The van der Waals surface area contributed by atoms with Crippen LogP contribution in [0, 0.1) is 21.9 Å². The molecular weight excluding hydrogens is 225 g/mol. The van der Waals surface area contributed by atoms with Gasteiger partial charge in [-0.2, -0.15) is 5.26 Å². The van der Waals surface area contributed by atoms with E-state index in [2.05, 4.69) is 9.97 Å². The highest BCUT2D eigenvalue weighted by atomic mass is 32.1. The van der Waals surface area contributed by atoms with E-state index in [-0.39, 0.29) is 5.56 Å². The number of aromatic amines is 1. The van der Waals surface area contributed by atoms with Gasteiger partial charge in [0.1, 0.15) is 5.82 Å². The Morgan fingerprint density at radius 1 is 1.38 bits per heavy atom. The molecule has 1 aromatic heterocycles. The smallest absolute Gasteiger partial charge is 0.197 e. The van der Waals surface area contributed by atoms with Gasteiger partial charge in [-0.25, -0.2) is 9.37 Å². The maximum atomic E-state index is 13.2. The second-order valence-electron chi connectivity index (χ2n) is 3.13. The number of nitrogens with zero attached hydrogens (tertiary/aromatic N) is 2. The van der Waals surface area contributed by atoms with Crippen LogP contribution in [0.25, 0.3) is 11.3 Å². The maximum Gasteiger partial charge on any atom is 0.197 e. The van der Waals surface area contributed by atoms with Crippen molar-refractivity contribution >= 4 is 12.2 Å². The van der Waals surface area contributed by atoms with Gasteiger partial charge in [-0.3, -0.25) is 0 Å². The first-order valence-electron chi connectivity index (χ1n) is 4.45. The molecule has 0 bridgehead atoms. The number of benzene rings is 1. The molecular formula is C11H6FN3S. The topological polar surface area (TPSA) is 52.5 Å². The Bertz CT molecular complexity index is 628. The summed E-state index contributed by atoms with van der Waals surface area (Å²) in [5, 5.41) is 8.73. The monoisotopic (exact) mass is 231 g/mol. The van der Waals surface area contributed by atoms with E-state index < -0.39 is 5.82 Å². The summed E-state index contributed by atoms with van der Waals surface area (Å²) >= 11 is 4.87. The van der Waals surface area contributed by atoms with E-state index >= 15 is 0 Å². The predicted octanol–water partition coefficient (Wildman–Crippen LogP) is 2.82. The van der Waals surface area contributed by atoms with Crippen LogP contribution in [-0.4, -0.2) is 9.97 Å². The van der Waals surface area contributed by atoms with Crippen LogP contribution in [0.4, 0.5) is 4.39 Å². The Hall–Kier alpha value is -2.06. The molecule has 78 valence electrons. The van der Waals surface area contributed by atoms with E-state index in [1.165, 1.54) is 18.3 Å². The van der Waals surface area contributed by atoms with Crippen molar-refractivity contribution in [1.82, 2.24) is 9.97 Å². The molecule has 0 radical (unpaired) electrons. The van der Waals surface area contributed by atoms with Crippen LogP contribution in [0.3, 0.4) is 0 Å². The molecule has 0 unspecified atom stereocenters. The Morgan fingerprint density at radius 3 is 2.88 bits per heavy atom. The third-order valence-electron chi connectivity index (χ3n) is 2.01. The summed E-state index contributed by atoms with van der Waals surface area (Å²) in [7, 11) is 0. The van der Waals surface area contributed by atoms with Crippen LogP contribution in [0.15, 0.2) is 30.5 Å². The van der Waals surface area contributed by atoms with Crippen molar-refractivity contribution in [2.75, 3.05) is 0 Å². The molecule has 0 saturated carbocycles. The molecule has 0 aliphatic rings. The van der Waals surface area contributed by atoms with Gasteiger partial charge in [-0.15, -0.1) is 0 Å². The zero-order valence-corrected chi connectivity index (χ0v) is 8.88. The van der Waals surface area contributed by atoms with Gasteiger partial charge in [0.15, 0.2) is 4.77 Å². The van der Waals surface area contributed by atoms with Crippen LogP contribution in [0.2, 0.25) is 0 Å². The van der Waals surface area contributed by atoms with Gasteiger partial charge in [0.25, 0.3) is 0 Å². The van der Waals surface area contributed by atoms with Crippen molar-refractivity contribution in [3.63, 3.8) is 0 Å². The summed E-state index contributed by atoms with van der Waals surface area (Å²) in [6.45, 7) is 0. The average molecular weight is 231 g/mol. The van der Waals surface area contributed by atoms with E-state index in [0.717, 1.165) is 0 Å². The number of nitriles is 1. The highest BCUT2D eigenvalue weighted by molar-refractivity contribution is 7.71. The molecule has 0 saturated heterocycles. The Morgan fingerprint density at radius 2 is 2.19 bits per heavy atom. The Kier molecular flexibility index (Phi) is 2.75. The van der Waals surface area contributed by atoms with Crippen LogP contribution >= 0.6 is 12.2 Å². The highest BCUT2D eigenvalue weighted by Crippen LogP contribution is 2.19. The first-order valence-corrected chi connectivity index (χ1v) is 4.86. The van der Waals surface area contributed by atoms with Crippen molar-refractivity contribution in [1.29, 1.82) is 5.26 Å². The molecule has 3 nitrogen and oxygen atoms in total. The number of rotatable bonds is 1. The van der Waals surface area contributed by atoms with Crippen molar-refractivity contribution in [2.24, 2.45) is 0 Å². The van der Waals surface area contributed by atoms with E-state index in [1.54, 1.807) is 12.1 Å². The van der Waals surface area contributed by atoms with Gasteiger partial charge in [0.2, 0.25) is 0 Å². The molecule has 1 aromatic carbocycles. The summed E-state index contributed by atoms with van der Waals surface area (Å²) in [6.07, 6.45) is 1.53. The SMILES string of the molecule is N#Cc1cc(F)cc(-c2ccnc(=S)[nH]2)c1. The van der Waals surface area contributed by atoms with E-state index in [9.17, 15) is 4.39 Å². The minimum Gasteiger partial charge on any atom is -0.330 e. The molecule has 0 atom stereocenters. The maximum absolute atomic E-state index is 13.2. The number of aromatic nitrogens is 2. The number of nitrogens with one attached hydrogen (secondary N) is 1.